The summed E-state index contributed by atoms with van der Waals surface area (Å²) in [5, 5.41) is 0. The molecular formula is H9Cl3GaIn. The molecule has 5 heavy (non-hydrogen) atoms. The predicted octanol–water partition coefficient (Wildman–Crippen LogP) is -1.10. The minimum absolute atomic E-state index is 0. The minimum atomic E-state index is 0. The summed E-state index contributed by atoms with van der Waals surface area (Å²) in [5.74, 6) is 0. The van der Waals surface area contributed by atoms with Crippen LogP contribution < -0.4 is 0 Å². The second-order valence-corrected chi connectivity index (χ2v) is 0. The second kappa shape index (κ2) is 32.6. The monoisotopic (exact) mass is 298 g/mol. The molecule has 0 spiro atoms. The SMILES string of the molecule is Cl.Cl.Cl.[GaH3].[InH3]. The van der Waals surface area contributed by atoms with E-state index in [0.29, 0.717) is 0 Å². The van der Waals surface area contributed by atoms with E-state index in [2.05, 4.69) is 0 Å². The molecule has 0 aliphatic heterocycles. The third-order valence-electron chi connectivity index (χ3n) is 0. The van der Waals surface area contributed by atoms with Crippen molar-refractivity contribution in [2.45, 2.75) is 0 Å². The Kier molecular flexibility index (Phi) is 347. The number of hydrogen-bond donors (Lipinski definition) is 0. The summed E-state index contributed by atoms with van der Waals surface area (Å²) in [5.41, 5.74) is 0. The molecule has 0 aliphatic rings. The van der Waals surface area contributed by atoms with Gasteiger partial charge in [0.1, 0.15) is 0 Å². The Morgan fingerprint density at radius 2 is 0.600 bits per heavy atom. The van der Waals surface area contributed by atoms with Gasteiger partial charge < -0.3 is 0 Å². The van der Waals surface area contributed by atoms with Gasteiger partial charge in [-0.05, 0) is 0 Å². The van der Waals surface area contributed by atoms with Crippen molar-refractivity contribution < 1.29 is 0 Å². The summed E-state index contributed by atoms with van der Waals surface area (Å²) in [6, 6.07) is 0. The summed E-state index contributed by atoms with van der Waals surface area (Å²) in [6.07, 6.45) is 0. The molecule has 0 N–H and O–H groups in total. The van der Waals surface area contributed by atoms with Crippen molar-refractivity contribution in [1.82, 2.24) is 0 Å². The van der Waals surface area contributed by atoms with Crippen LogP contribution in [0.25, 0.3) is 0 Å². The molecule has 0 nitrogen and oxygen atoms in total. The van der Waals surface area contributed by atoms with E-state index in [-0.39, 0.29) is 82.9 Å². The first-order chi connectivity index (χ1) is 0. The molecule has 0 fully saturated rings. The van der Waals surface area contributed by atoms with Crippen LogP contribution in [-0.4, -0.2) is 45.6 Å². The molecule has 0 aliphatic carbocycles. The van der Waals surface area contributed by atoms with Gasteiger partial charge in [0.15, 0.2) is 0 Å². The fourth-order valence-corrected chi connectivity index (χ4v) is 0. The van der Waals surface area contributed by atoms with Crippen molar-refractivity contribution in [3.05, 3.63) is 0 Å². The Hall–Kier alpha value is 2.38. The molecule has 36 valence electrons. The van der Waals surface area contributed by atoms with Crippen LogP contribution in [0.4, 0.5) is 0 Å². The third kappa shape index (κ3) is 21.6. The van der Waals surface area contributed by atoms with E-state index >= 15 is 0 Å². The van der Waals surface area contributed by atoms with E-state index in [1.54, 1.807) is 0 Å². The number of halogens is 3. The summed E-state index contributed by atoms with van der Waals surface area (Å²) >= 11 is 0. The second-order valence-electron chi connectivity index (χ2n) is 0. The molecule has 0 radical (unpaired) electrons. The van der Waals surface area contributed by atoms with Crippen LogP contribution in [0.5, 0.6) is 0 Å². The van der Waals surface area contributed by atoms with Crippen LogP contribution >= 0.6 is 37.2 Å². The zero-order valence-corrected chi connectivity index (χ0v) is 3.67. The molecule has 0 saturated carbocycles. The molecule has 5 heteroatoms. The van der Waals surface area contributed by atoms with Gasteiger partial charge >= 0.3 is 45.6 Å². The van der Waals surface area contributed by atoms with Crippen LogP contribution in [0.1, 0.15) is 0 Å². The first-order valence-corrected chi connectivity index (χ1v) is 0. The van der Waals surface area contributed by atoms with Gasteiger partial charge in [-0.25, -0.2) is 0 Å². The Balaban J connectivity index is 0. The third-order valence-corrected chi connectivity index (χ3v) is 0. The Labute approximate surface area is 81.9 Å². The molecule has 0 heterocycles. The molecule has 0 amide bonds. The van der Waals surface area contributed by atoms with E-state index in [4.69, 9.17) is 0 Å². The zero-order chi connectivity index (χ0) is 0. The average molecular weight is 300 g/mol. The van der Waals surface area contributed by atoms with Crippen molar-refractivity contribution in [1.29, 1.82) is 0 Å². The molecule has 0 bridgehead atoms. The van der Waals surface area contributed by atoms with Crippen molar-refractivity contribution in [3.63, 3.8) is 0 Å². The van der Waals surface area contributed by atoms with Crippen LogP contribution in [0, 0.1) is 0 Å². The molecule has 0 aromatic carbocycles. The van der Waals surface area contributed by atoms with Gasteiger partial charge in [0.2, 0.25) is 0 Å². The summed E-state index contributed by atoms with van der Waals surface area (Å²) in [6.45, 7) is 0. The molecule has 0 aromatic rings. The fraction of sp³-hybridized carbons (Fsp3) is 0. The van der Waals surface area contributed by atoms with Crippen LogP contribution in [0.2, 0.25) is 0 Å². The normalized spacial score (nSPS) is 0. The quantitative estimate of drug-likeness (QED) is 0.498. The zero-order valence-electron chi connectivity index (χ0n) is 1.22. The predicted molar refractivity (Wildman–Crippen MR) is 41.6 cm³/mol. The Morgan fingerprint density at radius 3 is 0.600 bits per heavy atom. The maximum atomic E-state index is 0. The Bertz CT molecular complexity index is 6.85. The van der Waals surface area contributed by atoms with Crippen LogP contribution in [0.3, 0.4) is 0 Å². The van der Waals surface area contributed by atoms with Crippen LogP contribution in [0.15, 0.2) is 0 Å². The van der Waals surface area contributed by atoms with Gasteiger partial charge in [0, 0.05) is 0 Å². The van der Waals surface area contributed by atoms with Gasteiger partial charge in [0.05, 0.1) is 0 Å². The molecule has 0 unspecified atom stereocenters. The summed E-state index contributed by atoms with van der Waals surface area (Å²) < 4.78 is 0. The molecular weight excluding hydrogens is 291 g/mol. The molecule has 0 rings (SSSR count). The van der Waals surface area contributed by atoms with E-state index in [1.165, 1.54) is 0 Å². The summed E-state index contributed by atoms with van der Waals surface area (Å²) in [7, 11) is 0. The van der Waals surface area contributed by atoms with E-state index < -0.39 is 0 Å². The van der Waals surface area contributed by atoms with Crippen molar-refractivity contribution >= 4 is 82.9 Å². The van der Waals surface area contributed by atoms with Crippen molar-refractivity contribution in [3.8, 4) is 0 Å². The molecule has 0 atom stereocenters. The topological polar surface area (TPSA) is 0 Å². The fourth-order valence-electron chi connectivity index (χ4n) is 0. The van der Waals surface area contributed by atoms with Gasteiger partial charge in [-0.2, -0.15) is 0 Å². The first kappa shape index (κ1) is 53.1. The van der Waals surface area contributed by atoms with E-state index in [0.717, 1.165) is 0 Å². The average Bonchev–Trinajstić information content (AvgIpc) is 0. The number of hydrogen-bond acceptors (Lipinski definition) is 0. The van der Waals surface area contributed by atoms with E-state index in [1.807, 2.05) is 0 Å². The molecule has 0 saturated heterocycles. The first-order valence-electron chi connectivity index (χ1n) is 0. The van der Waals surface area contributed by atoms with Gasteiger partial charge in [-0.3, -0.25) is 0 Å². The standard InChI is InChI=1S/3ClH.Ga.In.6H/h3*1H;;;;;;;;. The maximum absolute atomic E-state index is 0. The Morgan fingerprint density at radius 1 is 0.600 bits per heavy atom. The van der Waals surface area contributed by atoms with E-state index in [9.17, 15) is 0 Å². The molecule has 0 aromatic heterocycles. The van der Waals surface area contributed by atoms with Crippen molar-refractivity contribution in [2.75, 3.05) is 0 Å². The summed E-state index contributed by atoms with van der Waals surface area (Å²) in [4.78, 5) is 0. The number of rotatable bonds is 0. The van der Waals surface area contributed by atoms with Crippen LogP contribution in [-0.2, 0) is 0 Å². The van der Waals surface area contributed by atoms with Gasteiger partial charge in [0.25, 0.3) is 0 Å². The van der Waals surface area contributed by atoms with Gasteiger partial charge in [-0.1, -0.05) is 0 Å². The van der Waals surface area contributed by atoms with Gasteiger partial charge in [-0.15, -0.1) is 37.2 Å². The van der Waals surface area contributed by atoms with Crippen molar-refractivity contribution in [2.24, 2.45) is 0 Å².